The van der Waals surface area contributed by atoms with Crippen LogP contribution in [0.2, 0.25) is 5.15 Å². The van der Waals surface area contributed by atoms with Crippen LogP contribution in [0.4, 0.5) is 0 Å². The fourth-order valence-electron chi connectivity index (χ4n) is 2.03. The van der Waals surface area contributed by atoms with Crippen LogP contribution in [0, 0.1) is 18.3 Å². The van der Waals surface area contributed by atoms with E-state index in [2.05, 4.69) is 15.1 Å². The lowest BCUT2D eigenvalue weighted by Crippen LogP contribution is -2.20. The number of pyridine rings is 1. The number of rotatable bonds is 2. The molecule has 0 fully saturated rings. The Kier molecular flexibility index (Phi) is 3.16. The van der Waals surface area contributed by atoms with E-state index in [1.165, 1.54) is 6.07 Å². The lowest BCUT2D eigenvalue weighted by Gasteiger charge is -2.11. The second-order valence-electron chi connectivity index (χ2n) is 4.46. The predicted molar refractivity (Wildman–Crippen MR) is 75.0 cm³/mol. The van der Waals surface area contributed by atoms with Crippen molar-refractivity contribution in [3.8, 4) is 6.07 Å². The maximum absolute atomic E-state index is 11.9. The summed E-state index contributed by atoms with van der Waals surface area (Å²) in [7, 11) is 0. The molecule has 0 bridgehead atoms. The molecule has 0 radical (unpaired) electrons. The summed E-state index contributed by atoms with van der Waals surface area (Å²) >= 11 is 5.76. The highest BCUT2D eigenvalue weighted by Gasteiger charge is 2.12. The summed E-state index contributed by atoms with van der Waals surface area (Å²) in [5, 5.41) is 13.2. The normalized spacial score (nSPS) is 10.7. The standard InChI is InChI=1S/C13H9ClN6O/c1-8-4-12(21)20-13(17-11(5-15)18-20)19(8)7-9-2-3-10(14)16-6-9/h2-4,6H,7H2,1H3. The van der Waals surface area contributed by atoms with Gasteiger partial charge < -0.3 is 4.57 Å². The minimum Gasteiger partial charge on any atom is -0.310 e. The van der Waals surface area contributed by atoms with Gasteiger partial charge in [0.1, 0.15) is 11.2 Å². The van der Waals surface area contributed by atoms with Gasteiger partial charge in [0.2, 0.25) is 5.78 Å². The molecule has 0 unspecified atom stereocenters. The molecule has 3 rings (SSSR count). The Labute approximate surface area is 124 Å². The lowest BCUT2D eigenvalue weighted by molar-refractivity contribution is 0.729. The van der Waals surface area contributed by atoms with Gasteiger partial charge in [0.05, 0.1) is 6.54 Å². The van der Waals surface area contributed by atoms with Crippen molar-refractivity contribution >= 4 is 17.4 Å². The van der Waals surface area contributed by atoms with Crippen molar-refractivity contribution in [1.82, 2.24) is 24.1 Å². The van der Waals surface area contributed by atoms with Gasteiger partial charge in [0.25, 0.3) is 11.4 Å². The molecule has 8 heteroatoms. The van der Waals surface area contributed by atoms with Gasteiger partial charge in [-0.3, -0.25) is 4.79 Å². The SMILES string of the molecule is Cc1cc(=O)n2nc(C#N)nc2n1Cc1ccc(Cl)nc1. The molecule has 0 N–H and O–H groups in total. The van der Waals surface area contributed by atoms with Crippen LogP contribution >= 0.6 is 11.6 Å². The first-order valence-electron chi connectivity index (χ1n) is 6.06. The Hall–Kier alpha value is -2.72. The maximum atomic E-state index is 11.9. The molecule has 7 nitrogen and oxygen atoms in total. The Morgan fingerprint density at radius 3 is 2.90 bits per heavy atom. The fraction of sp³-hybridized carbons (Fsp3) is 0.154. The molecule has 0 atom stereocenters. The van der Waals surface area contributed by atoms with Crippen LogP contribution in [-0.4, -0.2) is 24.1 Å². The van der Waals surface area contributed by atoms with Crippen LogP contribution in [0.3, 0.4) is 0 Å². The first kappa shape index (κ1) is 13.3. The van der Waals surface area contributed by atoms with Crippen molar-refractivity contribution in [1.29, 1.82) is 5.26 Å². The molecule has 0 spiro atoms. The third-order valence-electron chi connectivity index (χ3n) is 3.03. The number of fused-ring (bicyclic) bond motifs is 1. The molecule has 0 amide bonds. The van der Waals surface area contributed by atoms with E-state index < -0.39 is 0 Å². The molecule has 0 aliphatic heterocycles. The second kappa shape index (κ2) is 5.00. The van der Waals surface area contributed by atoms with Crippen LogP contribution in [0.15, 0.2) is 29.2 Å². The van der Waals surface area contributed by atoms with E-state index in [9.17, 15) is 4.79 Å². The number of hydrogen-bond donors (Lipinski definition) is 0. The van der Waals surface area contributed by atoms with Gasteiger partial charge in [-0.25, -0.2) is 4.98 Å². The number of halogens is 1. The smallest absolute Gasteiger partial charge is 0.275 e. The molecule has 0 saturated heterocycles. The van der Waals surface area contributed by atoms with E-state index >= 15 is 0 Å². The van der Waals surface area contributed by atoms with E-state index in [-0.39, 0.29) is 11.4 Å². The summed E-state index contributed by atoms with van der Waals surface area (Å²) in [6, 6.07) is 6.82. The van der Waals surface area contributed by atoms with Gasteiger partial charge in [-0.1, -0.05) is 17.7 Å². The van der Waals surface area contributed by atoms with E-state index in [0.717, 1.165) is 15.8 Å². The second-order valence-corrected chi connectivity index (χ2v) is 4.85. The van der Waals surface area contributed by atoms with Gasteiger partial charge in [0.15, 0.2) is 0 Å². The first-order chi connectivity index (χ1) is 10.1. The van der Waals surface area contributed by atoms with E-state index in [1.807, 2.05) is 12.1 Å². The van der Waals surface area contributed by atoms with Crippen molar-refractivity contribution < 1.29 is 0 Å². The summed E-state index contributed by atoms with van der Waals surface area (Å²) in [6.07, 6.45) is 1.65. The van der Waals surface area contributed by atoms with Gasteiger partial charge in [-0.15, -0.1) is 5.10 Å². The zero-order valence-corrected chi connectivity index (χ0v) is 11.7. The predicted octanol–water partition coefficient (Wildman–Crippen LogP) is 1.17. The monoisotopic (exact) mass is 300 g/mol. The van der Waals surface area contributed by atoms with E-state index in [4.69, 9.17) is 16.9 Å². The number of nitrogens with zero attached hydrogens (tertiary/aromatic N) is 6. The number of aryl methyl sites for hydroxylation is 1. The van der Waals surface area contributed by atoms with Gasteiger partial charge in [-0.05, 0) is 18.6 Å². The Balaban J connectivity index is 2.17. The molecular formula is C13H9ClN6O. The quantitative estimate of drug-likeness (QED) is 0.663. The molecule has 3 aromatic rings. The van der Waals surface area contributed by atoms with Crippen LogP contribution in [0.5, 0.6) is 0 Å². The minimum absolute atomic E-state index is 0.0410. The molecule has 0 saturated carbocycles. The highest BCUT2D eigenvalue weighted by Crippen LogP contribution is 2.10. The third kappa shape index (κ3) is 2.37. The Morgan fingerprint density at radius 2 is 2.24 bits per heavy atom. The van der Waals surface area contributed by atoms with Crippen LogP contribution in [0.1, 0.15) is 17.1 Å². The fourth-order valence-corrected chi connectivity index (χ4v) is 2.14. The average molecular weight is 301 g/mol. The lowest BCUT2D eigenvalue weighted by atomic mass is 10.3. The zero-order valence-electron chi connectivity index (χ0n) is 11.0. The van der Waals surface area contributed by atoms with Crippen molar-refractivity contribution in [3.05, 3.63) is 57.0 Å². The van der Waals surface area contributed by atoms with Gasteiger partial charge in [0, 0.05) is 18.0 Å². The first-order valence-corrected chi connectivity index (χ1v) is 6.44. The molecule has 0 aliphatic rings. The Bertz CT molecular complexity index is 919. The highest BCUT2D eigenvalue weighted by atomic mass is 35.5. The van der Waals surface area contributed by atoms with Crippen LogP contribution < -0.4 is 5.56 Å². The summed E-state index contributed by atoms with van der Waals surface area (Å²) in [5.74, 6) is 0.284. The molecule has 3 aromatic heterocycles. The topological polar surface area (TPSA) is 88.9 Å². The van der Waals surface area contributed by atoms with E-state index in [0.29, 0.717) is 17.5 Å². The van der Waals surface area contributed by atoms with Crippen molar-refractivity contribution in [2.75, 3.05) is 0 Å². The number of aromatic nitrogens is 5. The Morgan fingerprint density at radius 1 is 1.43 bits per heavy atom. The molecule has 3 heterocycles. The van der Waals surface area contributed by atoms with Crippen molar-refractivity contribution in [2.45, 2.75) is 13.5 Å². The van der Waals surface area contributed by atoms with Gasteiger partial charge >= 0.3 is 0 Å². The highest BCUT2D eigenvalue weighted by molar-refractivity contribution is 6.29. The van der Waals surface area contributed by atoms with Crippen LogP contribution in [0.25, 0.3) is 5.78 Å². The average Bonchev–Trinajstić information content (AvgIpc) is 2.90. The zero-order chi connectivity index (χ0) is 15.0. The van der Waals surface area contributed by atoms with Crippen molar-refractivity contribution in [3.63, 3.8) is 0 Å². The third-order valence-corrected chi connectivity index (χ3v) is 3.25. The minimum atomic E-state index is -0.318. The van der Waals surface area contributed by atoms with Gasteiger partial charge in [-0.2, -0.15) is 14.8 Å². The van der Waals surface area contributed by atoms with E-state index in [1.54, 1.807) is 23.8 Å². The summed E-state index contributed by atoms with van der Waals surface area (Å²) < 4.78 is 2.91. The van der Waals surface area contributed by atoms with Crippen molar-refractivity contribution in [2.24, 2.45) is 0 Å². The summed E-state index contributed by atoms with van der Waals surface area (Å²) in [4.78, 5) is 20.0. The molecule has 104 valence electrons. The summed E-state index contributed by atoms with van der Waals surface area (Å²) in [6.45, 7) is 2.24. The molecular weight excluding hydrogens is 292 g/mol. The molecule has 0 aliphatic carbocycles. The summed E-state index contributed by atoms with van der Waals surface area (Å²) in [5.41, 5.74) is 1.30. The van der Waals surface area contributed by atoms with Crippen LogP contribution in [-0.2, 0) is 6.54 Å². The molecule has 21 heavy (non-hydrogen) atoms. The largest absolute Gasteiger partial charge is 0.310 e. The number of nitriles is 1. The maximum Gasteiger partial charge on any atom is 0.275 e. The molecule has 0 aromatic carbocycles. The number of hydrogen-bond acceptors (Lipinski definition) is 5.